The van der Waals surface area contributed by atoms with Crippen LogP contribution in [0.25, 0.3) is 22.3 Å². The minimum absolute atomic E-state index is 0.306. The Kier molecular flexibility index (Phi) is 3.75. The maximum absolute atomic E-state index is 13.2. The van der Waals surface area contributed by atoms with E-state index < -0.39 is 6.23 Å². The van der Waals surface area contributed by atoms with Crippen molar-refractivity contribution in [2.45, 2.75) is 6.23 Å². The summed E-state index contributed by atoms with van der Waals surface area (Å²) in [6.07, 6.45) is 4.19. The average molecular weight is 297 g/mol. The van der Waals surface area contributed by atoms with Crippen molar-refractivity contribution in [3.05, 3.63) is 66.5 Å². The largest absolute Gasteiger partial charge is 0.373 e. The number of nitrogens with zero attached hydrogens (tertiary/aromatic N) is 2. The lowest BCUT2D eigenvalue weighted by molar-refractivity contribution is 0.178. The highest BCUT2D eigenvalue weighted by Gasteiger charge is 2.20. The Morgan fingerprint density at radius 2 is 1.73 bits per heavy atom. The van der Waals surface area contributed by atoms with Gasteiger partial charge in [0.1, 0.15) is 12.0 Å². The molecule has 3 rings (SSSR count). The highest BCUT2D eigenvalue weighted by molar-refractivity contribution is 5.85. The Morgan fingerprint density at radius 3 is 2.32 bits per heavy atom. The molecule has 22 heavy (non-hydrogen) atoms. The summed E-state index contributed by atoms with van der Waals surface area (Å²) in [5, 5.41) is 9.93. The summed E-state index contributed by atoms with van der Waals surface area (Å²) in [5.41, 5.74) is 9.77. The predicted molar refractivity (Wildman–Crippen MR) is 83.2 cm³/mol. The van der Waals surface area contributed by atoms with Gasteiger partial charge in [0.15, 0.2) is 0 Å². The second kappa shape index (κ2) is 5.71. The lowest BCUT2D eigenvalue weighted by Gasteiger charge is -2.12. The van der Waals surface area contributed by atoms with E-state index in [4.69, 9.17) is 5.73 Å². The van der Waals surface area contributed by atoms with E-state index in [-0.39, 0.29) is 5.82 Å². The molecule has 0 aliphatic carbocycles. The van der Waals surface area contributed by atoms with Crippen LogP contribution in [0.5, 0.6) is 0 Å². The Hall–Kier alpha value is -2.50. The monoisotopic (exact) mass is 297 g/mol. The number of benzene rings is 1. The van der Waals surface area contributed by atoms with E-state index in [1.54, 1.807) is 29.1 Å². The summed E-state index contributed by atoms with van der Waals surface area (Å²) in [6, 6.07) is 9.92. The maximum Gasteiger partial charge on any atom is 0.144 e. The van der Waals surface area contributed by atoms with Crippen LogP contribution >= 0.6 is 0 Å². The summed E-state index contributed by atoms with van der Waals surface area (Å²) in [7, 11) is 1.82. The Morgan fingerprint density at radius 1 is 1.09 bits per heavy atom. The van der Waals surface area contributed by atoms with E-state index in [2.05, 4.69) is 4.98 Å². The third-order valence-corrected chi connectivity index (χ3v) is 3.63. The molecule has 1 aromatic carbocycles. The first-order chi connectivity index (χ1) is 10.6. The van der Waals surface area contributed by atoms with E-state index in [1.807, 2.05) is 25.4 Å². The minimum Gasteiger partial charge on any atom is -0.373 e. The summed E-state index contributed by atoms with van der Waals surface area (Å²) in [6.45, 7) is 0. The van der Waals surface area contributed by atoms with Gasteiger partial charge in [-0.05, 0) is 35.4 Å². The summed E-state index contributed by atoms with van der Waals surface area (Å²) < 4.78 is 15.0. The van der Waals surface area contributed by atoms with Crippen LogP contribution in [0.15, 0.2) is 55.0 Å². The molecule has 0 amide bonds. The van der Waals surface area contributed by atoms with Crippen LogP contribution < -0.4 is 5.73 Å². The molecule has 5 heteroatoms. The summed E-state index contributed by atoms with van der Waals surface area (Å²) in [4.78, 5) is 4.02. The molecule has 3 N–H and O–H groups in total. The fraction of sp³-hybridized carbons (Fsp3) is 0.118. The molecule has 0 aliphatic rings. The highest BCUT2D eigenvalue weighted by atomic mass is 19.1. The number of halogens is 1. The molecule has 112 valence electrons. The van der Waals surface area contributed by atoms with Gasteiger partial charge >= 0.3 is 0 Å². The number of aliphatic hydroxyl groups is 1. The second-order valence-corrected chi connectivity index (χ2v) is 5.10. The molecule has 0 aliphatic heterocycles. The zero-order chi connectivity index (χ0) is 15.7. The van der Waals surface area contributed by atoms with Gasteiger partial charge in [0.25, 0.3) is 0 Å². The number of aromatic nitrogens is 2. The third kappa shape index (κ3) is 2.52. The van der Waals surface area contributed by atoms with Crippen LogP contribution in [0.1, 0.15) is 11.9 Å². The molecule has 0 bridgehead atoms. The number of nitrogens with two attached hydrogens (primary N) is 1. The Bertz CT molecular complexity index is 780. The second-order valence-electron chi connectivity index (χ2n) is 5.10. The van der Waals surface area contributed by atoms with E-state index >= 15 is 0 Å². The van der Waals surface area contributed by atoms with E-state index in [0.717, 1.165) is 22.3 Å². The number of aliphatic hydroxyl groups excluding tert-OH is 1. The first-order valence-electron chi connectivity index (χ1n) is 6.87. The normalized spacial score (nSPS) is 12.4. The van der Waals surface area contributed by atoms with Crippen molar-refractivity contribution in [1.82, 2.24) is 9.55 Å². The van der Waals surface area contributed by atoms with Crippen LogP contribution in [0, 0.1) is 5.82 Å². The van der Waals surface area contributed by atoms with E-state index in [0.29, 0.717) is 5.69 Å². The van der Waals surface area contributed by atoms with Gasteiger partial charge < -0.3 is 15.4 Å². The quantitative estimate of drug-likeness (QED) is 0.731. The van der Waals surface area contributed by atoms with Gasteiger partial charge in [-0.2, -0.15) is 0 Å². The van der Waals surface area contributed by atoms with Gasteiger partial charge in [0, 0.05) is 36.8 Å². The topological polar surface area (TPSA) is 64.1 Å². The van der Waals surface area contributed by atoms with Crippen LogP contribution in [-0.2, 0) is 7.05 Å². The molecule has 0 radical (unpaired) electrons. The van der Waals surface area contributed by atoms with Gasteiger partial charge in [0.05, 0.1) is 5.69 Å². The van der Waals surface area contributed by atoms with Gasteiger partial charge in [0.2, 0.25) is 0 Å². The van der Waals surface area contributed by atoms with Crippen molar-refractivity contribution in [1.29, 1.82) is 0 Å². The fourth-order valence-corrected chi connectivity index (χ4v) is 2.67. The number of hydrogen-bond acceptors (Lipinski definition) is 3. The van der Waals surface area contributed by atoms with E-state index in [9.17, 15) is 9.50 Å². The van der Waals surface area contributed by atoms with Gasteiger partial charge in [-0.3, -0.25) is 4.98 Å². The van der Waals surface area contributed by atoms with Crippen LogP contribution in [-0.4, -0.2) is 14.7 Å². The summed E-state index contributed by atoms with van der Waals surface area (Å²) >= 11 is 0. The maximum atomic E-state index is 13.2. The zero-order valence-corrected chi connectivity index (χ0v) is 12.1. The van der Waals surface area contributed by atoms with Crippen molar-refractivity contribution < 1.29 is 9.50 Å². The van der Waals surface area contributed by atoms with Crippen LogP contribution in [0.3, 0.4) is 0 Å². The number of aryl methyl sites for hydroxylation is 1. The van der Waals surface area contributed by atoms with Crippen molar-refractivity contribution in [2.24, 2.45) is 12.8 Å². The number of pyridine rings is 1. The molecule has 1 unspecified atom stereocenters. The van der Waals surface area contributed by atoms with Gasteiger partial charge in [-0.1, -0.05) is 12.1 Å². The smallest absolute Gasteiger partial charge is 0.144 e. The molecule has 1 atom stereocenters. The molecule has 3 aromatic rings. The molecular formula is C17H16FN3O. The lowest BCUT2D eigenvalue weighted by atomic mass is 9.97. The van der Waals surface area contributed by atoms with Crippen LogP contribution in [0.2, 0.25) is 0 Å². The minimum atomic E-state index is -1.12. The van der Waals surface area contributed by atoms with Crippen molar-refractivity contribution >= 4 is 0 Å². The van der Waals surface area contributed by atoms with Crippen molar-refractivity contribution in [3.8, 4) is 22.3 Å². The molecular weight excluding hydrogens is 281 g/mol. The van der Waals surface area contributed by atoms with Crippen LogP contribution in [0.4, 0.5) is 4.39 Å². The molecule has 0 saturated heterocycles. The predicted octanol–water partition coefficient (Wildman–Crippen LogP) is 2.84. The first kappa shape index (κ1) is 14.4. The third-order valence-electron chi connectivity index (χ3n) is 3.63. The molecule has 0 fully saturated rings. The highest BCUT2D eigenvalue weighted by Crippen LogP contribution is 2.37. The molecule has 0 spiro atoms. The van der Waals surface area contributed by atoms with Crippen molar-refractivity contribution in [2.75, 3.05) is 0 Å². The SMILES string of the molecule is Cn1cc(-c2ccncc2)c(-c2ccc(F)cc2)c1C(N)O. The zero-order valence-electron chi connectivity index (χ0n) is 12.1. The van der Waals surface area contributed by atoms with Gasteiger partial charge in [-0.25, -0.2) is 4.39 Å². The van der Waals surface area contributed by atoms with Crippen molar-refractivity contribution in [3.63, 3.8) is 0 Å². The Labute approximate surface area is 127 Å². The molecule has 4 nitrogen and oxygen atoms in total. The molecule has 2 heterocycles. The number of rotatable bonds is 3. The average Bonchev–Trinajstić information content (AvgIpc) is 2.86. The Balaban J connectivity index is 2.27. The molecule has 2 aromatic heterocycles. The molecule has 0 saturated carbocycles. The summed E-state index contributed by atoms with van der Waals surface area (Å²) in [5.74, 6) is -0.306. The standard InChI is InChI=1S/C17H16FN3O/c1-21-10-14(11-6-8-20-9-7-11)15(16(21)17(19)22)12-2-4-13(18)5-3-12/h2-10,17,22H,19H2,1H3. The lowest BCUT2D eigenvalue weighted by Crippen LogP contribution is -2.13. The van der Waals surface area contributed by atoms with E-state index in [1.165, 1.54) is 12.1 Å². The first-order valence-corrected chi connectivity index (χ1v) is 6.87. The fourth-order valence-electron chi connectivity index (χ4n) is 2.67. The van der Waals surface area contributed by atoms with Gasteiger partial charge in [-0.15, -0.1) is 0 Å². The number of hydrogen-bond donors (Lipinski definition) is 2.